The number of pyridine rings is 1. The number of halogens is 1. The summed E-state index contributed by atoms with van der Waals surface area (Å²) in [6.45, 7) is 0.461. The van der Waals surface area contributed by atoms with Gasteiger partial charge < -0.3 is 20.1 Å². The minimum Gasteiger partial charge on any atom is -0.352 e. The highest BCUT2D eigenvalue weighted by atomic mass is 32.1. The summed E-state index contributed by atoms with van der Waals surface area (Å²) in [6, 6.07) is 16.3. The quantitative estimate of drug-likeness (QED) is 0.426. The molecule has 0 bridgehead atoms. The highest BCUT2D eigenvalue weighted by molar-refractivity contribution is 7.80. The summed E-state index contributed by atoms with van der Waals surface area (Å²) in [5.74, 6) is -0.469. The molecule has 2 aromatic heterocycles. The van der Waals surface area contributed by atoms with E-state index in [1.807, 2.05) is 18.2 Å². The lowest BCUT2D eigenvalue weighted by Gasteiger charge is -2.32. The number of carbonyl (C=O) groups is 1. The molecule has 1 saturated carbocycles. The molecule has 8 heteroatoms. The smallest absolute Gasteiger partial charge is 0.226 e. The molecule has 2 N–H and O–H groups in total. The molecule has 3 heterocycles. The number of benzene rings is 1. The van der Waals surface area contributed by atoms with Crippen LogP contribution in [-0.4, -0.2) is 32.0 Å². The summed E-state index contributed by atoms with van der Waals surface area (Å²) in [6.07, 6.45) is 10.4. The van der Waals surface area contributed by atoms with E-state index in [1.165, 1.54) is 49.9 Å². The first kappa shape index (κ1) is 23.5. The summed E-state index contributed by atoms with van der Waals surface area (Å²) in [4.78, 5) is 19.4. The number of anilines is 1. The third kappa shape index (κ3) is 5.22. The van der Waals surface area contributed by atoms with Crippen molar-refractivity contribution in [3.63, 3.8) is 0 Å². The molecule has 0 unspecified atom stereocenters. The van der Waals surface area contributed by atoms with Gasteiger partial charge in [0.25, 0.3) is 0 Å². The van der Waals surface area contributed by atoms with Gasteiger partial charge in [-0.3, -0.25) is 9.78 Å². The Hall–Kier alpha value is -3.26. The van der Waals surface area contributed by atoms with Gasteiger partial charge in [0.2, 0.25) is 5.91 Å². The Labute approximate surface area is 210 Å². The molecule has 5 rings (SSSR count). The van der Waals surface area contributed by atoms with E-state index in [4.69, 9.17) is 12.2 Å². The first-order valence-electron chi connectivity index (χ1n) is 12.3. The molecule has 0 spiro atoms. The van der Waals surface area contributed by atoms with Gasteiger partial charge >= 0.3 is 0 Å². The van der Waals surface area contributed by atoms with Crippen LogP contribution in [0.1, 0.15) is 68.0 Å². The maximum atomic E-state index is 13.2. The Morgan fingerprint density at radius 3 is 2.63 bits per heavy atom. The van der Waals surface area contributed by atoms with Crippen LogP contribution in [0.4, 0.5) is 10.1 Å². The summed E-state index contributed by atoms with van der Waals surface area (Å²) in [5, 5.41) is 6.95. The third-order valence-corrected chi connectivity index (χ3v) is 7.34. The fraction of sp³-hybridized carbons (Fsp3) is 0.370. The lowest BCUT2D eigenvalue weighted by atomic mass is 9.94. The Morgan fingerprint density at radius 1 is 1.09 bits per heavy atom. The molecule has 2 fully saturated rings. The van der Waals surface area contributed by atoms with E-state index in [0.29, 0.717) is 23.4 Å². The van der Waals surface area contributed by atoms with Gasteiger partial charge in [0.15, 0.2) is 5.11 Å². The average molecular weight is 492 g/mol. The van der Waals surface area contributed by atoms with Crippen molar-refractivity contribution in [1.29, 1.82) is 0 Å². The van der Waals surface area contributed by atoms with E-state index in [9.17, 15) is 9.18 Å². The lowest BCUT2D eigenvalue weighted by Crippen LogP contribution is -2.33. The number of nitrogens with zero attached hydrogens (tertiary/aromatic N) is 3. The zero-order valence-electron chi connectivity index (χ0n) is 19.6. The van der Waals surface area contributed by atoms with Crippen molar-refractivity contribution in [3.05, 3.63) is 84.2 Å². The zero-order chi connectivity index (χ0) is 24.2. The standard InChI is InChI=1S/C27H30FN5OS/c28-19-11-13-20(14-12-19)30-24(34)15-18-33-26(25(31-27(33)35)22-9-4-5-16-29-22)23-10-6-17-32(23)21-7-2-1-3-8-21/h4-6,9-14,16-17,21,25-26H,1-3,7-8,15,18H2,(H,30,34)(H,31,35)/t25-,26+/m0/s1. The van der Waals surface area contributed by atoms with Gasteiger partial charge in [0.05, 0.1) is 17.8 Å². The predicted molar refractivity (Wildman–Crippen MR) is 138 cm³/mol. The van der Waals surface area contributed by atoms with Gasteiger partial charge in [-0.25, -0.2) is 4.39 Å². The first-order chi connectivity index (χ1) is 17.1. The fourth-order valence-corrected chi connectivity index (χ4v) is 5.63. The molecule has 1 amide bonds. The number of thiocarbonyl (C=S) groups is 1. The topological polar surface area (TPSA) is 62.2 Å². The molecule has 2 aliphatic rings. The Bertz CT molecular complexity index is 1160. The van der Waals surface area contributed by atoms with Crippen molar-refractivity contribution in [2.75, 3.05) is 11.9 Å². The predicted octanol–water partition coefficient (Wildman–Crippen LogP) is 5.53. The average Bonchev–Trinajstić information content (AvgIpc) is 3.49. The molecule has 1 aliphatic heterocycles. The molecule has 2 atom stereocenters. The third-order valence-electron chi connectivity index (χ3n) is 6.99. The van der Waals surface area contributed by atoms with Crippen LogP contribution in [0.3, 0.4) is 0 Å². The van der Waals surface area contributed by atoms with Gasteiger partial charge in [-0.05, 0) is 73.6 Å². The summed E-state index contributed by atoms with van der Waals surface area (Å²) < 4.78 is 15.6. The molecule has 35 heavy (non-hydrogen) atoms. The second-order valence-corrected chi connectivity index (χ2v) is 9.64. The molecule has 6 nitrogen and oxygen atoms in total. The Balaban J connectivity index is 1.39. The van der Waals surface area contributed by atoms with E-state index in [0.717, 1.165) is 5.69 Å². The van der Waals surface area contributed by atoms with E-state index >= 15 is 0 Å². The van der Waals surface area contributed by atoms with Crippen molar-refractivity contribution in [2.24, 2.45) is 0 Å². The van der Waals surface area contributed by atoms with Crippen molar-refractivity contribution >= 4 is 28.9 Å². The van der Waals surface area contributed by atoms with Crippen LogP contribution in [-0.2, 0) is 4.79 Å². The minimum absolute atomic E-state index is 0.0760. The van der Waals surface area contributed by atoms with Gasteiger partial charge in [0.1, 0.15) is 5.82 Å². The maximum absolute atomic E-state index is 13.2. The maximum Gasteiger partial charge on any atom is 0.226 e. The number of hydrogen-bond donors (Lipinski definition) is 2. The molecular formula is C27H30FN5OS. The highest BCUT2D eigenvalue weighted by Crippen LogP contribution is 2.41. The molecule has 3 aromatic rings. The van der Waals surface area contributed by atoms with Gasteiger partial charge in [-0.2, -0.15) is 0 Å². The van der Waals surface area contributed by atoms with Crippen LogP contribution >= 0.6 is 12.2 Å². The number of carbonyl (C=O) groups excluding carboxylic acids is 1. The van der Waals surface area contributed by atoms with Crippen molar-refractivity contribution in [1.82, 2.24) is 19.8 Å². The van der Waals surface area contributed by atoms with Crippen LogP contribution < -0.4 is 10.6 Å². The van der Waals surface area contributed by atoms with Gasteiger partial charge in [-0.15, -0.1) is 0 Å². The SMILES string of the molecule is O=C(CCN1C(=S)N[C@@H](c2ccccn2)[C@H]1c1cccn1C1CCCCC1)Nc1ccc(F)cc1. The fourth-order valence-electron chi connectivity index (χ4n) is 5.30. The Kier molecular flexibility index (Phi) is 7.08. The number of rotatable bonds is 7. The molecular weight excluding hydrogens is 461 g/mol. The molecule has 0 radical (unpaired) electrons. The monoisotopic (exact) mass is 491 g/mol. The number of aromatic nitrogens is 2. The summed E-state index contributed by atoms with van der Waals surface area (Å²) in [5.41, 5.74) is 2.70. The van der Waals surface area contributed by atoms with E-state index in [-0.39, 0.29) is 30.2 Å². The number of amides is 1. The largest absolute Gasteiger partial charge is 0.352 e. The summed E-state index contributed by atoms with van der Waals surface area (Å²) in [7, 11) is 0. The van der Waals surface area contributed by atoms with Gasteiger partial charge in [-0.1, -0.05) is 25.3 Å². The normalized spacial score (nSPS) is 20.6. The van der Waals surface area contributed by atoms with Gasteiger partial charge in [0, 0.05) is 42.8 Å². The van der Waals surface area contributed by atoms with Crippen LogP contribution in [0.2, 0.25) is 0 Å². The van der Waals surface area contributed by atoms with E-state index in [1.54, 1.807) is 18.3 Å². The second kappa shape index (κ2) is 10.6. The van der Waals surface area contributed by atoms with E-state index < -0.39 is 0 Å². The van der Waals surface area contributed by atoms with Crippen molar-refractivity contribution < 1.29 is 9.18 Å². The van der Waals surface area contributed by atoms with Crippen LogP contribution in [0, 0.1) is 5.82 Å². The van der Waals surface area contributed by atoms with Crippen molar-refractivity contribution in [3.8, 4) is 0 Å². The molecule has 1 saturated heterocycles. The highest BCUT2D eigenvalue weighted by Gasteiger charge is 2.41. The molecule has 1 aliphatic carbocycles. The summed E-state index contributed by atoms with van der Waals surface area (Å²) >= 11 is 5.77. The number of nitrogens with one attached hydrogen (secondary N) is 2. The minimum atomic E-state index is -0.333. The first-order valence-corrected chi connectivity index (χ1v) is 12.7. The zero-order valence-corrected chi connectivity index (χ0v) is 20.4. The number of hydrogen-bond acceptors (Lipinski definition) is 3. The molecule has 1 aromatic carbocycles. The van der Waals surface area contributed by atoms with E-state index in [2.05, 4.69) is 43.4 Å². The van der Waals surface area contributed by atoms with Crippen LogP contribution in [0.5, 0.6) is 0 Å². The lowest BCUT2D eigenvalue weighted by molar-refractivity contribution is -0.116. The molecule has 182 valence electrons. The van der Waals surface area contributed by atoms with Crippen LogP contribution in [0.15, 0.2) is 67.0 Å². The van der Waals surface area contributed by atoms with Crippen LogP contribution in [0.25, 0.3) is 0 Å². The van der Waals surface area contributed by atoms with Crippen molar-refractivity contribution in [2.45, 2.75) is 56.7 Å². The second-order valence-electron chi connectivity index (χ2n) is 9.26. The Morgan fingerprint density at radius 2 is 1.89 bits per heavy atom.